The largest absolute Gasteiger partial charge is 0.326 e. The molecule has 0 aliphatic heterocycles. The van der Waals surface area contributed by atoms with Crippen LogP contribution in [-0.2, 0) is 25.8 Å². The molecule has 1 heterocycles. The monoisotopic (exact) mass is 192 g/mol. The van der Waals surface area contributed by atoms with Crippen molar-refractivity contribution in [3.8, 4) is 0 Å². The Morgan fingerprint density at radius 3 is 2.79 bits per heavy atom. The van der Waals surface area contributed by atoms with Crippen LogP contribution in [0, 0.1) is 0 Å². The summed E-state index contributed by atoms with van der Waals surface area (Å²) in [7, 11) is 0. The summed E-state index contributed by atoms with van der Waals surface area (Å²) in [5.41, 5.74) is 10.1. The quantitative estimate of drug-likeness (QED) is 0.731. The number of nitrogens with two attached hydrogens (primary N) is 1. The van der Waals surface area contributed by atoms with E-state index in [4.69, 9.17) is 5.73 Å². The molecule has 0 bridgehead atoms. The number of hydrogen-bond acceptors (Lipinski definition) is 2. The first-order valence-corrected chi connectivity index (χ1v) is 5.23. The van der Waals surface area contributed by atoms with Crippen LogP contribution in [0.5, 0.6) is 0 Å². The molecular weight excluding hydrogens is 176 g/mol. The van der Waals surface area contributed by atoms with E-state index in [-0.39, 0.29) is 5.56 Å². The zero-order valence-corrected chi connectivity index (χ0v) is 8.52. The number of rotatable bonds is 2. The zero-order chi connectivity index (χ0) is 10.1. The lowest BCUT2D eigenvalue weighted by Gasteiger charge is -2.10. The van der Waals surface area contributed by atoms with Crippen LogP contribution >= 0.6 is 0 Å². The van der Waals surface area contributed by atoms with Gasteiger partial charge in [-0.1, -0.05) is 6.92 Å². The second-order valence-electron chi connectivity index (χ2n) is 3.78. The first kappa shape index (κ1) is 9.46. The van der Waals surface area contributed by atoms with E-state index >= 15 is 0 Å². The number of aryl methyl sites for hydroxylation is 1. The van der Waals surface area contributed by atoms with Gasteiger partial charge in [0, 0.05) is 17.8 Å². The molecule has 1 aliphatic carbocycles. The van der Waals surface area contributed by atoms with Gasteiger partial charge >= 0.3 is 0 Å². The van der Waals surface area contributed by atoms with Gasteiger partial charge in [0.1, 0.15) is 0 Å². The number of nitrogens with one attached hydrogen (secondary N) is 1. The van der Waals surface area contributed by atoms with Crippen molar-refractivity contribution in [1.82, 2.24) is 4.98 Å². The lowest BCUT2D eigenvalue weighted by molar-refractivity contribution is 0.895. The Morgan fingerprint density at radius 1 is 1.36 bits per heavy atom. The Morgan fingerprint density at radius 2 is 2.14 bits per heavy atom. The predicted molar refractivity (Wildman–Crippen MR) is 56.4 cm³/mol. The number of hydrogen-bond donors (Lipinski definition) is 2. The van der Waals surface area contributed by atoms with Gasteiger partial charge in [-0.05, 0) is 36.8 Å². The minimum atomic E-state index is 0.0185. The summed E-state index contributed by atoms with van der Waals surface area (Å²) in [6, 6.07) is 0. The molecule has 1 aromatic heterocycles. The SMILES string of the molecule is CCc1c2c([nH]c(=O)c1CN)CCC2. The average molecular weight is 192 g/mol. The maximum Gasteiger partial charge on any atom is 0.252 e. The van der Waals surface area contributed by atoms with Crippen LogP contribution in [0.25, 0.3) is 0 Å². The fourth-order valence-electron chi connectivity index (χ4n) is 2.39. The summed E-state index contributed by atoms with van der Waals surface area (Å²) in [5, 5.41) is 0. The first-order chi connectivity index (χ1) is 6.77. The topological polar surface area (TPSA) is 58.9 Å². The number of pyridine rings is 1. The molecule has 14 heavy (non-hydrogen) atoms. The molecule has 0 atom stereocenters. The molecule has 3 N–H and O–H groups in total. The highest BCUT2D eigenvalue weighted by Crippen LogP contribution is 2.24. The maximum absolute atomic E-state index is 11.7. The molecule has 3 heteroatoms. The van der Waals surface area contributed by atoms with Gasteiger partial charge in [-0.25, -0.2) is 0 Å². The summed E-state index contributed by atoms with van der Waals surface area (Å²) in [6.07, 6.45) is 4.19. The first-order valence-electron chi connectivity index (χ1n) is 5.23. The molecule has 2 rings (SSSR count). The molecule has 0 aromatic carbocycles. The van der Waals surface area contributed by atoms with E-state index in [1.807, 2.05) is 0 Å². The van der Waals surface area contributed by atoms with Gasteiger partial charge in [0.15, 0.2) is 0 Å². The van der Waals surface area contributed by atoms with Crippen molar-refractivity contribution < 1.29 is 0 Å². The van der Waals surface area contributed by atoms with E-state index in [9.17, 15) is 4.79 Å². The Kier molecular flexibility index (Phi) is 2.42. The lowest BCUT2D eigenvalue weighted by Crippen LogP contribution is -2.21. The van der Waals surface area contributed by atoms with Crippen molar-refractivity contribution in [2.45, 2.75) is 39.2 Å². The van der Waals surface area contributed by atoms with Crippen molar-refractivity contribution >= 4 is 0 Å². The molecule has 0 spiro atoms. The van der Waals surface area contributed by atoms with Gasteiger partial charge < -0.3 is 10.7 Å². The smallest absolute Gasteiger partial charge is 0.252 e. The maximum atomic E-state index is 11.7. The van der Waals surface area contributed by atoms with Crippen molar-refractivity contribution in [2.75, 3.05) is 0 Å². The van der Waals surface area contributed by atoms with E-state index < -0.39 is 0 Å². The molecule has 76 valence electrons. The third-order valence-electron chi connectivity index (χ3n) is 3.04. The lowest BCUT2D eigenvalue weighted by atomic mass is 10.00. The number of aromatic nitrogens is 1. The Labute approximate surface area is 83.3 Å². The van der Waals surface area contributed by atoms with Gasteiger partial charge in [0.25, 0.3) is 5.56 Å². The number of fused-ring (bicyclic) bond motifs is 1. The fraction of sp³-hybridized carbons (Fsp3) is 0.545. The normalized spacial score (nSPS) is 14.4. The molecular formula is C11H16N2O. The number of H-pyrrole nitrogens is 1. The van der Waals surface area contributed by atoms with Crippen molar-refractivity contribution in [2.24, 2.45) is 5.73 Å². The van der Waals surface area contributed by atoms with Crippen LogP contribution in [0.1, 0.15) is 35.7 Å². The van der Waals surface area contributed by atoms with Gasteiger partial charge in [0.2, 0.25) is 0 Å². The molecule has 0 radical (unpaired) electrons. The molecule has 0 amide bonds. The van der Waals surface area contributed by atoms with E-state index in [1.165, 1.54) is 11.1 Å². The predicted octanol–water partition coefficient (Wildman–Crippen LogP) is 0.885. The zero-order valence-electron chi connectivity index (χ0n) is 8.52. The molecule has 0 unspecified atom stereocenters. The minimum absolute atomic E-state index is 0.0185. The van der Waals surface area contributed by atoms with E-state index in [0.29, 0.717) is 6.54 Å². The summed E-state index contributed by atoms with van der Waals surface area (Å²) in [5.74, 6) is 0. The van der Waals surface area contributed by atoms with Gasteiger partial charge in [0.05, 0.1) is 0 Å². The van der Waals surface area contributed by atoms with Crippen LogP contribution in [0.2, 0.25) is 0 Å². The minimum Gasteiger partial charge on any atom is -0.326 e. The van der Waals surface area contributed by atoms with Crippen LogP contribution in [0.15, 0.2) is 4.79 Å². The molecule has 1 aliphatic rings. The molecule has 0 fully saturated rings. The number of aromatic amines is 1. The Hall–Kier alpha value is -1.09. The van der Waals surface area contributed by atoms with Crippen LogP contribution in [-0.4, -0.2) is 4.98 Å². The van der Waals surface area contributed by atoms with Gasteiger partial charge in [-0.2, -0.15) is 0 Å². The highest BCUT2D eigenvalue weighted by molar-refractivity contribution is 5.39. The summed E-state index contributed by atoms with van der Waals surface area (Å²) < 4.78 is 0. The highest BCUT2D eigenvalue weighted by atomic mass is 16.1. The van der Waals surface area contributed by atoms with Crippen molar-refractivity contribution in [1.29, 1.82) is 0 Å². The van der Waals surface area contributed by atoms with Crippen molar-refractivity contribution in [3.05, 3.63) is 32.7 Å². The third kappa shape index (κ3) is 1.28. The van der Waals surface area contributed by atoms with Gasteiger partial charge in [-0.3, -0.25) is 4.79 Å². The van der Waals surface area contributed by atoms with Crippen LogP contribution < -0.4 is 11.3 Å². The fourth-order valence-corrected chi connectivity index (χ4v) is 2.39. The molecule has 1 aromatic rings. The van der Waals surface area contributed by atoms with Gasteiger partial charge in [-0.15, -0.1) is 0 Å². The summed E-state index contributed by atoms with van der Waals surface area (Å²) >= 11 is 0. The van der Waals surface area contributed by atoms with Crippen LogP contribution in [0.3, 0.4) is 0 Å². The highest BCUT2D eigenvalue weighted by Gasteiger charge is 2.18. The van der Waals surface area contributed by atoms with Crippen molar-refractivity contribution in [3.63, 3.8) is 0 Å². The molecule has 0 saturated carbocycles. The standard InChI is InChI=1S/C11H16N2O/c1-2-7-8-4-3-5-10(8)13-11(14)9(7)6-12/h2-6,12H2,1H3,(H,13,14). The second-order valence-corrected chi connectivity index (χ2v) is 3.78. The average Bonchev–Trinajstić information content (AvgIpc) is 2.62. The summed E-state index contributed by atoms with van der Waals surface area (Å²) in [6.45, 7) is 2.44. The van der Waals surface area contributed by atoms with Crippen LogP contribution in [0.4, 0.5) is 0 Å². The van der Waals surface area contributed by atoms with E-state index in [2.05, 4.69) is 11.9 Å². The molecule has 0 saturated heterocycles. The van der Waals surface area contributed by atoms with E-state index in [0.717, 1.165) is 36.9 Å². The molecule has 3 nitrogen and oxygen atoms in total. The Bertz CT molecular complexity index is 406. The third-order valence-corrected chi connectivity index (χ3v) is 3.04. The second kappa shape index (κ2) is 3.58. The van der Waals surface area contributed by atoms with E-state index in [1.54, 1.807) is 0 Å². The summed E-state index contributed by atoms with van der Waals surface area (Å²) in [4.78, 5) is 14.6. The Balaban J connectivity index is 2.68.